The summed E-state index contributed by atoms with van der Waals surface area (Å²) < 4.78 is 12.5. The Morgan fingerprint density at radius 1 is 0.889 bits per heavy atom. The van der Waals surface area contributed by atoms with E-state index in [1.54, 1.807) is 49.2 Å². The zero-order chi connectivity index (χ0) is 25.1. The molecule has 0 atom stereocenters. The van der Waals surface area contributed by atoms with Crippen LogP contribution in [0.3, 0.4) is 0 Å². The topological polar surface area (TPSA) is 94.5 Å². The number of nitrogens with zero attached hydrogens (tertiary/aromatic N) is 2. The van der Waals surface area contributed by atoms with Crippen molar-refractivity contribution in [1.82, 2.24) is 15.1 Å². The molecule has 0 aliphatic heterocycles. The van der Waals surface area contributed by atoms with E-state index < -0.39 is 5.91 Å². The molecule has 2 N–H and O–H groups in total. The number of hydrogen-bond acceptors (Lipinski definition) is 5. The average Bonchev–Trinajstić information content (AvgIpc) is 3.62. The van der Waals surface area contributed by atoms with Gasteiger partial charge in [-0.3, -0.25) is 9.59 Å². The quantitative estimate of drug-likeness (QED) is 0.380. The largest absolute Gasteiger partial charge is 0.493 e. The lowest BCUT2D eigenvalue weighted by Gasteiger charge is -2.10. The van der Waals surface area contributed by atoms with Crippen LogP contribution in [0, 0.1) is 0 Å². The first-order valence-corrected chi connectivity index (χ1v) is 11.7. The number of methoxy groups -OCH3 is 2. The highest BCUT2D eigenvalue weighted by Crippen LogP contribution is 2.34. The summed E-state index contributed by atoms with van der Waals surface area (Å²) in [4.78, 5) is 25.9. The fraction of sp³-hybridized carbons (Fsp3) is 0.179. The Bertz CT molecular complexity index is 1410. The Kier molecular flexibility index (Phi) is 6.40. The molecular formula is C28H26N4O4. The van der Waals surface area contributed by atoms with Crippen molar-refractivity contribution in [3.05, 3.63) is 90.3 Å². The van der Waals surface area contributed by atoms with Gasteiger partial charge in [-0.1, -0.05) is 30.3 Å². The molecule has 3 aromatic carbocycles. The highest BCUT2D eigenvalue weighted by atomic mass is 16.5. The molecule has 0 unspecified atom stereocenters. The van der Waals surface area contributed by atoms with Gasteiger partial charge in [0, 0.05) is 29.1 Å². The summed E-state index contributed by atoms with van der Waals surface area (Å²) >= 11 is 0. The van der Waals surface area contributed by atoms with Crippen LogP contribution in [0.25, 0.3) is 16.8 Å². The molecule has 0 bridgehead atoms. The number of carbonyl (C=O) groups excluding carboxylic acids is 2. The van der Waals surface area contributed by atoms with Crippen LogP contribution in [-0.2, 0) is 0 Å². The van der Waals surface area contributed by atoms with Crippen molar-refractivity contribution in [1.29, 1.82) is 0 Å². The Balaban J connectivity index is 1.49. The summed E-state index contributed by atoms with van der Waals surface area (Å²) in [6.07, 6.45) is 3.82. The molecule has 4 aromatic rings. The van der Waals surface area contributed by atoms with Gasteiger partial charge in [0.25, 0.3) is 11.8 Å². The van der Waals surface area contributed by atoms with Crippen LogP contribution in [0.15, 0.2) is 79.0 Å². The third-order valence-corrected chi connectivity index (χ3v) is 5.94. The average molecular weight is 483 g/mol. The van der Waals surface area contributed by atoms with Crippen LogP contribution in [-0.4, -0.2) is 41.9 Å². The molecule has 5 rings (SSSR count). The summed E-state index contributed by atoms with van der Waals surface area (Å²) in [6.45, 7) is 0. The molecule has 1 saturated carbocycles. The number of aromatic nitrogens is 2. The second-order valence-corrected chi connectivity index (χ2v) is 8.52. The number of ether oxygens (including phenoxy) is 2. The minimum Gasteiger partial charge on any atom is -0.493 e. The van der Waals surface area contributed by atoms with Gasteiger partial charge in [0.2, 0.25) is 0 Å². The van der Waals surface area contributed by atoms with Crippen LogP contribution < -0.4 is 20.1 Å². The standard InChI is InChI=1S/C28H26N4O4/c1-35-24-14-11-18(16-25(24)36-2)23-17-32(22-9-4-3-5-10-22)31-26(23)28(34)30-21-8-6-7-19(15-21)27(33)29-20-12-13-20/h3-11,14-17,20H,12-13H2,1-2H3,(H,29,33)(H,30,34). The molecule has 1 aliphatic rings. The van der Waals surface area contributed by atoms with Gasteiger partial charge >= 0.3 is 0 Å². The van der Waals surface area contributed by atoms with Crippen molar-refractivity contribution >= 4 is 17.5 Å². The Labute approximate surface area is 208 Å². The highest BCUT2D eigenvalue weighted by Gasteiger charge is 2.24. The molecule has 36 heavy (non-hydrogen) atoms. The first-order valence-electron chi connectivity index (χ1n) is 11.7. The summed E-state index contributed by atoms with van der Waals surface area (Å²) in [5.41, 5.74) is 3.43. The minimum atomic E-state index is -0.394. The fourth-order valence-corrected chi connectivity index (χ4v) is 3.89. The van der Waals surface area contributed by atoms with E-state index in [9.17, 15) is 9.59 Å². The molecule has 0 radical (unpaired) electrons. The second kappa shape index (κ2) is 9.95. The Morgan fingerprint density at radius 3 is 2.39 bits per heavy atom. The normalized spacial score (nSPS) is 12.6. The van der Waals surface area contributed by atoms with Gasteiger partial charge in [0.05, 0.1) is 19.9 Å². The molecule has 8 nitrogen and oxygen atoms in total. The number of carbonyl (C=O) groups is 2. The van der Waals surface area contributed by atoms with Gasteiger partial charge in [0.1, 0.15) is 0 Å². The highest BCUT2D eigenvalue weighted by molar-refractivity contribution is 6.08. The van der Waals surface area contributed by atoms with Crippen LogP contribution >= 0.6 is 0 Å². The number of nitrogens with one attached hydrogen (secondary N) is 2. The fourth-order valence-electron chi connectivity index (χ4n) is 3.89. The van der Waals surface area contributed by atoms with Crippen molar-refractivity contribution in [3.63, 3.8) is 0 Å². The molecule has 1 aliphatic carbocycles. The Morgan fingerprint density at radius 2 is 1.67 bits per heavy atom. The monoisotopic (exact) mass is 482 g/mol. The van der Waals surface area contributed by atoms with E-state index in [0.717, 1.165) is 24.1 Å². The molecular weight excluding hydrogens is 456 g/mol. The van der Waals surface area contributed by atoms with Crippen molar-refractivity contribution in [2.75, 3.05) is 19.5 Å². The summed E-state index contributed by atoms with van der Waals surface area (Å²) in [7, 11) is 3.14. The van der Waals surface area contributed by atoms with Crippen LogP contribution in [0.1, 0.15) is 33.7 Å². The van der Waals surface area contributed by atoms with Crippen LogP contribution in [0.5, 0.6) is 11.5 Å². The number of benzene rings is 3. The summed E-state index contributed by atoms with van der Waals surface area (Å²) in [5, 5.41) is 10.5. The molecule has 2 amide bonds. The maximum atomic E-state index is 13.5. The molecule has 182 valence electrons. The van der Waals surface area contributed by atoms with E-state index in [1.165, 1.54) is 0 Å². The van der Waals surface area contributed by atoms with E-state index in [2.05, 4.69) is 15.7 Å². The van der Waals surface area contributed by atoms with Crippen molar-refractivity contribution in [2.45, 2.75) is 18.9 Å². The van der Waals surface area contributed by atoms with Crippen molar-refractivity contribution < 1.29 is 19.1 Å². The van der Waals surface area contributed by atoms with Crippen molar-refractivity contribution in [3.8, 4) is 28.3 Å². The van der Waals surface area contributed by atoms with E-state index in [-0.39, 0.29) is 17.6 Å². The number of rotatable bonds is 8. The van der Waals surface area contributed by atoms with Crippen molar-refractivity contribution in [2.24, 2.45) is 0 Å². The van der Waals surface area contributed by atoms with Gasteiger partial charge in [-0.15, -0.1) is 0 Å². The smallest absolute Gasteiger partial charge is 0.276 e. The zero-order valence-corrected chi connectivity index (χ0v) is 20.0. The summed E-state index contributed by atoms with van der Waals surface area (Å²) in [5.74, 6) is 0.592. The van der Waals surface area contributed by atoms with Gasteiger partial charge in [-0.05, 0) is 60.9 Å². The van der Waals surface area contributed by atoms with E-state index in [0.29, 0.717) is 28.3 Å². The number of amides is 2. The molecule has 8 heteroatoms. The number of anilines is 1. The molecule has 1 fully saturated rings. The van der Waals surface area contributed by atoms with Gasteiger partial charge < -0.3 is 20.1 Å². The van der Waals surface area contributed by atoms with Gasteiger partial charge in [-0.2, -0.15) is 5.10 Å². The Hall–Kier alpha value is -4.59. The molecule has 0 spiro atoms. The zero-order valence-electron chi connectivity index (χ0n) is 20.0. The predicted molar refractivity (Wildman–Crippen MR) is 137 cm³/mol. The lowest BCUT2D eigenvalue weighted by Crippen LogP contribution is -2.25. The predicted octanol–water partition coefficient (Wildman–Crippen LogP) is 4.70. The van der Waals surface area contributed by atoms with Gasteiger partial charge in [0.15, 0.2) is 17.2 Å². The first-order chi connectivity index (χ1) is 17.6. The molecule has 0 saturated heterocycles. The second-order valence-electron chi connectivity index (χ2n) is 8.52. The molecule has 1 heterocycles. The van der Waals surface area contributed by atoms with Gasteiger partial charge in [-0.25, -0.2) is 4.68 Å². The van der Waals surface area contributed by atoms with Crippen LogP contribution in [0.4, 0.5) is 5.69 Å². The maximum absolute atomic E-state index is 13.5. The number of para-hydroxylation sites is 1. The van der Waals surface area contributed by atoms with Crippen LogP contribution in [0.2, 0.25) is 0 Å². The van der Waals surface area contributed by atoms with E-state index in [1.807, 2.05) is 48.7 Å². The van der Waals surface area contributed by atoms with E-state index >= 15 is 0 Å². The summed E-state index contributed by atoms with van der Waals surface area (Å²) in [6, 6.07) is 22.2. The minimum absolute atomic E-state index is 0.145. The van der Waals surface area contributed by atoms with E-state index in [4.69, 9.17) is 9.47 Å². The lowest BCUT2D eigenvalue weighted by molar-refractivity contribution is 0.0949. The number of hydrogen-bond donors (Lipinski definition) is 2. The SMILES string of the molecule is COc1ccc(-c2cn(-c3ccccc3)nc2C(=O)Nc2cccc(C(=O)NC3CC3)c2)cc1OC. The lowest BCUT2D eigenvalue weighted by atomic mass is 10.1. The third-order valence-electron chi connectivity index (χ3n) is 5.94. The maximum Gasteiger partial charge on any atom is 0.276 e. The molecule has 1 aromatic heterocycles. The third kappa shape index (κ3) is 4.93. The first kappa shape index (κ1) is 23.2.